The van der Waals surface area contributed by atoms with E-state index in [0.29, 0.717) is 5.92 Å². The number of rotatable bonds is 2. The van der Waals surface area contributed by atoms with Gasteiger partial charge in [0, 0.05) is 30.3 Å². The van der Waals surface area contributed by atoms with Gasteiger partial charge in [0.1, 0.15) is 0 Å². The van der Waals surface area contributed by atoms with Crippen molar-refractivity contribution in [3.05, 3.63) is 64.7 Å². The molecule has 24 heavy (non-hydrogen) atoms. The van der Waals surface area contributed by atoms with E-state index in [-0.39, 0.29) is 24.4 Å². The Morgan fingerprint density at radius 1 is 1.17 bits per heavy atom. The molecule has 1 saturated heterocycles. The molecule has 2 aliphatic rings. The molecule has 4 heteroatoms. The number of carbonyl (C=O) groups is 1. The minimum atomic E-state index is 0. The number of amides is 1. The number of hydrogen-bond donors (Lipinski definition) is 1. The van der Waals surface area contributed by atoms with Gasteiger partial charge in [-0.3, -0.25) is 4.79 Å². The molecule has 0 saturated carbocycles. The number of nitrogens with one attached hydrogen (secondary N) is 1. The van der Waals surface area contributed by atoms with Crippen LogP contribution in [-0.4, -0.2) is 25.0 Å². The molecule has 0 radical (unpaired) electrons. The van der Waals surface area contributed by atoms with Gasteiger partial charge in [-0.2, -0.15) is 0 Å². The van der Waals surface area contributed by atoms with Gasteiger partial charge in [0.2, 0.25) is 0 Å². The molecule has 0 bridgehead atoms. The Hall–Kier alpha value is -1.84. The first kappa shape index (κ1) is 17.0. The fourth-order valence-electron chi connectivity index (χ4n) is 4.10. The largest absolute Gasteiger partial charge is 0.314 e. The first-order valence-corrected chi connectivity index (χ1v) is 8.43. The molecule has 1 N–H and O–H groups in total. The van der Waals surface area contributed by atoms with E-state index in [1.165, 1.54) is 11.1 Å². The Morgan fingerprint density at radius 2 is 1.92 bits per heavy atom. The topological polar surface area (TPSA) is 32.3 Å². The molecule has 0 aliphatic carbocycles. The van der Waals surface area contributed by atoms with Crippen molar-refractivity contribution in [3.8, 4) is 0 Å². The highest BCUT2D eigenvalue weighted by Gasteiger charge is 2.43. The minimum absolute atomic E-state index is 0. The second kappa shape index (κ2) is 6.58. The third kappa shape index (κ3) is 2.52. The highest BCUT2D eigenvalue weighted by molar-refractivity contribution is 6.10. The van der Waals surface area contributed by atoms with Gasteiger partial charge in [-0.1, -0.05) is 37.3 Å². The van der Waals surface area contributed by atoms with Crippen LogP contribution in [0.3, 0.4) is 0 Å². The van der Waals surface area contributed by atoms with Crippen LogP contribution in [0.1, 0.15) is 39.9 Å². The number of para-hydroxylation sites is 1. The second-order valence-corrected chi connectivity index (χ2v) is 6.57. The standard InChI is InChI=1S/C20H22N2O.ClH/c1-3-14-9-13(2)19-16(10-14)17-11-21-12-18(17)22(20(19)23)15-7-5-4-6-8-15;/h4-10,17-18,21H,3,11-12H2,1-2H3;1H/t17-,18+;/m0./s1. The molecule has 2 atom stereocenters. The van der Waals surface area contributed by atoms with Crippen LogP contribution in [0, 0.1) is 6.92 Å². The molecule has 1 amide bonds. The highest BCUT2D eigenvalue weighted by Crippen LogP contribution is 2.39. The third-order valence-electron chi connectivity index (χ3n) is 5.21. The van der Waals surface area contributed by atoms with Crippen LogP contribution in [0.5, 0.6) is 0 Å². The summed E-state index contributed by atoms with van der Waals surface area (Å²) >= 11 is 0. The number of aryl methyl sites for hydroxylation is 2. The quantitative estimate of drug-likeness (QED) is 0.902. The van der Waals surface area contributed by atoms with Crippen molar-refractivity contribution in [2.24, 2.45) is 0 Å². The Kier molecular flexibility index (Phi) is 4.66. The number of nitrogens with zero attached hydrogens (tertiary/aromatic N) is 1. The maximum Gasteiger partial charge on any atom is 0.259 e. The zero-order chi connectivity index (χ0) is 16.0. The molecular formula is C20H23ClN2O. The van der Waals surface area contributed by atoms with Gasteiger partial charge in [-0.05, 0) is 42.2 Å². The highest BCUT2D eigenvalue weighted by atomic mass is 35.5. The maximum atomic E-state index is 13.3. The van der Waals surface area contributed by atoms with Gasteiger partial charge in [0.15, 0.2) is 0 Å². The van der Waals surface area contributed by atoms with E-state index in [1.54, 1.807) is 0 Å². The number of halogens is 1. The number of carbonyl (C=O) groups excluding carboxylic acids is 1. The van der Waals surface area contributed by atoms with E-state index >= 15 is 0 Å². The van der Waals surface area contributed by atoms with Crippen molar-refractivity contribution < 1.29 is 4.79 Å². The summed E-state index contributed by atoms with van der Waals surface area (Å²) in [6, 6.07) is 14.7. The van der Waals surface area contributed by atoms with Crippen LogP contribution >= 0.6 is 12.4 Å². The third-order valence-corrected chi connectivity index (χ3v) is 5.21. The number of benzene rings is 2. The summed E-state index contributed by atoms with van der Waals surface area (Å²) in [5.41, 5.74) is 5.59. The molecule has 2 aromatic rings. The summed E-state index contributed by atoms with van der Waals surface area (Å²) in [7, 11) is 0. The fourth-order valence-corrected chi connectivity index (χ4v) is 4.10. The average molecular weight is 343 g/mol. The van der Waals surface area contributed by atoms with Crippen molar-refractivity contribution in [3.63, 3.8) is 0 Å². The molecule has 1 fully saturated rings. The predicted octanol–water partition coefficient (Wildman–Crippen LogP) is 3.70. The van der Waals surface area contributed by atoms with Crippen LogP contribution < -0.4 is 10.2 Å². The van der Waals surface area contributed by atoms with Crippen molar-refractivity contribution in [1.29, 1.82) is 0 Å². The van der Waals surface area contributed by atoms with E-state index < -0.39 is 0 Å². The van der Waals surface area contributed by atoms with Crippen molar-refractivity contribution >= 4 is 24.0 Å². The molecule has 0 aromatic heterocycles. The lowest BCUT2D eigenvalue weighted by Gasteiger charge is -2.39. The Labute approximate surface area is 149 Å². The minimum Gasteiger partial charge on any atom is -0.314 e. The number of anilines is 1. The van der Waals surface area contributed by atoms with E-state index in [1.807, 2.05) is 35.2 Å². The normalized spacial score (nSPS) is 21.9. The Morgan fingerprint density at radius 3 is 2.62 bits per heavy atom. The van der Waals surface area contributed by atoms with E-state index in [0.717, 1.165) is 36.3 Å². The summed E-state index contributed by atoms with van der Waals surface area (Å²) in [5, 5.41) is 3.49. The molecule has 2 aliphatic heterocycles. The van der Waals surface area contributed by atoms with Crippen LogP contribution in [0.2, 0.25) is 0 Å². The zero-order valence-electron chi connectivity index (χ0n) is 14.1. The first-order chi connectivity index (χ1) is 11.2. The van der Waals surface area contributed by atoms with Crippen LogP contribution in [0.25, 0.3) is 0 Å². The first-order valence-electron chi connectivity index (χ1n) is 8.43. The zero-order valence-corrected chi connectivity index (χ0v) is 14.9. The monoisotopic (exact) mass is 342 g/mol. The summed E-state index contributed by atoms with van der Waals surface area (Å²) in [4.78, 5) is 15.3. The Bertz CT molecular complexity index is 760. The molecule has 3 nitrogen and oxygen atoms in total. The SMILES string of the molecule is CCc1cc(C)c2c(c1)[C@@H]1CNC[C@H]1N(c1ccccc1)C2=O.Cl. The van der Waals surface area contributed by atoms with Crippen LogP contribution in [0.15, 0.2) is 42.5 Å². The van der Waals surface area contributed by atoms with Gasteiger partial charge in [-0.15, -0.1) is 12.4 Å². The van der Waals surface area contributed by atoms with Crippen molar-refractivity contribution in [2.75, 3.05) is 18.0 Å². The lowest BCUT2D eigenvalue weighted by atomic mass is 9.81. The van der Waals surface area contributed by atoms with Gasteiger partial charge in [-0.25, -0.2) is 0 Å². The van der Waals surface area contributed by atoms with Gasteiger partial charge >= 0.3 is 0 Å². The lowest BCUT2D eigenvalue weighted by Crippen LogP contribution is -2.48. The number of hydrogen-bond acceptors (Lipinski definition) is 2. The average Bonchev–Trinajstić information content (AvgIpc) is 3.04. The van der Waals surface area contributed by atoms with Gasteiger partial charge in [0.05, 0.1) is 6.04 Å². The van der Waals surface area contributed by atoms with Gasteiger partial charge < -0.3 is 10.2 Å². The maximum absolute atomic E-state index is 13.3. The van der Waals surface area contributed by atoms with Crippen molar-refractivity contribution in [1.82, 2.24) is 5.32 Å². The molecule has 2 aromatic carbocycles. The molecule has 0 spiro atoms. The summed E-state index contributed by atoms with van der Waals surface area (Å²) in [6.45, 7) is 6.05. The van der Waals surface area contributed by atoms with Crippen LogP contribution in [0.4, 0.5) is 5.69 Å². The summed E-state index contributed by atoms with van der Waals surface area (Å²) in [6.07, 6.45) is 1.01. The summed E-state index contributed by atoms with van der Waals surface area (Å²) < 4.78 is 0. The van der Waals surface area contributed by atoms with E-state index in [9.17, 15) is 4.79 Å². The molecule has 126 valence electrons. The molecule has 4 rings (SSSR count). The van der Waals surface area contributed by atoms with Gasteiger partial charge in [0.25, 0.3) is 5.91 Å². The fraction of sp³-hybridized carbons (Fsp3) is 0.350. The van der Waals surface area contributed by atoms with Crippen molar-refractivity contribution in [2.45, 2.75) is 32.2 Å². The second-order valence-electron chi connectivity index (χ2n) is 6.57. The molecular weight excluding hydrogens is 320 g/mol. The van der Waals surface area contributed by atoms with E-state index in [4.69, 9.17) is 0 Å². The lowest BCUT2D eigenvalue weighted by molar-refractivity contribution is 0.0965. The summed E-state index contributed by atoms with van der Waals surface area (Å²) in [5.74, 6) is 0.532. The number of fused-ring (bicyclic) bond motifs is 3. The predicted molar refractivity (Wildman–Crippen MR) is 100 cm³/mol. The molecule has 0 unspecified atom stereocenters. The van der Waals surface area contributed by atoms with Crippen LogP contribution in [-0.2, 0) is 6.42 Å². The Balaban J connectivity index is 0.00000169. The molecule has 2 heterocycles. The van der Waals surface area contributed by atoms with E-state index in [2.05, 4.69) is 31.3 Å². The smallest absolute Gasteiger partial charge is 0.259 e.